The minimum Gasteiger partial charge on any atom is -0.457 e. The van der Waals surface area contributed by atoms with E-state index in [0.29, 0.717) is 17.1 Å². The van der Waals surface area contributed by atoms with Crippen molar-refractivity contribution in [1.29, 1.82) is 0 Å². The Kier molecular flexibility index (Phi) is 5.44. The van der Waals surface area contributed by atoms with Crippen molar-refractivity contribution in [2.24, 2.45) is 0 Å². The zero-order chi connectivity index (χ0) is 16.0. The molecule has 0 fully saturated rings. The van der Waals surface area contributed by atoms with Gasteiger partial charge in [-0.2, -0.15) is 13.2 Å². The third kappa shape index (κ3) is 4.77. The number of para-hydroxylation sites is 1. The van der Waals surface area contributed by atoms with E-state index in [1.54, 1.807) is 36.4 Å². The van der Waals surface area contributed by atoms with E-state index < -0.39 is 12.3 Å². The molecule has 2 aromatic rings. The molecule has 1 atom stereocenters. The Morgan fingerprint density at radius 3 is 2.27 bits per heavy atom. The highest BCUT2D eigenvalue weighted by molar-refractivity contribution is 5.33. The summed E-state index contributed by atoms with van der Waals surface area (Å²) < 4.78 is 48.5. The van der Waals surface area contributed by atoms with Gasteiger partial charge in [-0.15, -0.1) is 0 Å². The highest BCUT2D eigenvalue weighted by atomic mass is 19.4. The summed E-state index contributed by atoms with van der Waals surface area (Å²) in [4.78, 5) is 0. The monoisotopic (exact) mass is 310 g/mol. The lowest BCUT2D eigenvalue weighted by Crippen LogP contribution is -2.30. The molecule has 118 valence electrons. The Morgan fingerprint density at radius 2 is 1.64 bits per heavy atom. The van der Waals surface area contributed by atoms with Crippen LogP contribution in [0.2, 0.25) is 0 Å². The van der Waals surface area contributed by atoms with Crippen LogP contribution in [0.1, 0.15) is 18.9 Å². The van der Waals surface area contributed by atoms with Crippen LogP contribution in [-0.4, -0.2) is 12.3 Å². The molecule has 0 amide bonds. The SMILES string of the molecule is CCC(OCc1cccc(Oc2ccccc2)c1)C(F)(F)F. The second-order valence-corrected chi connectivity index (χ2v) is 4.81. The van der Waals surface area contributed by atoms with Gasteiger partial charge in [-0.25, -0.2) is 0 Å². The van der Waals surface area contributed by atoms with Gasteiger partial charge in [0.25, 0.3) is 0 Å². The molecule has 0 saturated heterocycles. The number of alkyl halides is 3. The highest BCUT2D eigenvalue weighted by Crippen LogP contribution is 2.27. The molecule has 2 aromatic carbocycles. The molecule has 0 aliphatic heterocycles. The molecule has 2 rings (SSSR count). The van der Waals surface area contributed by atoms with Gasteiger partial charge in [0.1, 0.15) is 11.5 Å². The molecule has 0 aliphatic carbocycles. The lowest BCUT2D eigenvalue weighted by molar-refractivity contribution is -0.224. The van der Waals surface area contributed by atoms with Crippen molar-refractivity contribution in [2.45, 2.75) is 32.2 Å². The van der Waals surface area contributed by atoms with Crippen molar-refractivity contribution in [2.75, 3.05) is 0 Å². The molecule has 2 nitrogen and oxygen atoms in total. The quantitative estimate of drug-likeness (QED) is 0.717. The molecule has 0 aromatic heterocycles. The fourth-order valence-corrected chi connectivity index (χ4v) is 1.96. The van der Waals surface area contributed by atoms with Crippen LogP contribution < -0.4 is 4.74 Å². The van der Waals surface area contributed by atoms with Gasteiger partial charge in [0.2, 0.25) is 0 Å². The first-order valence-corrected chi connectivity index (χ1v) is 6.99. The van der Waals surface area contributed by atoms with Crippen LogP contribution in [0.5, 0.6) is 11.5 Å². The van der Waals surface area contributed by atoms with Gasteiger partial charge in [-0.05, 0) is 36.2 Å². The molecule has 0 N–H and O–H groups in total. The van der Waals surface area contributed by atoms with E-state index in [-0.39, 0.29) is 13.0 Å². The lowest BCUT2D eigenvalue weighted by atomic mass is 10.2. The molecule has 22 heavy (non-hydrogen) atoms. The second-order valence-electron chi connectivity index (χ2n) is 4.81. The summed E-state index contributed by atoms with van der Waals surface area (Å²) in [6.45, 7) is 1.34. The number of hydrogen-bond acceptors (Lipinski definition) is 2. The van der Waals surface area contributed by atoms with Gasteiger partial charge >= 0.3 is 6.18 Å². The molecule has 0 aliphatic rings. The molecule has 0 radical (unpaired) electrons. The Bertz CT molecular complexity index is 582. The summed E-state index contributed by atoms with van der Waals surface area (Å²) >= 11 is 0. The first-order valence-electron chi connectivity index (χ1n) is 6.99. The van der Waals surface area contributed by atoms with Crippen LogP contribution in [-0.2, 0) is 11.3 Å². The summed E-state index contributed by atoms with van der Waals surface area (Å²) in [6.07, 6.45) is -6.19. The minimum atomic E-state index is -4.34. The zero-order valence-corrected chi connectivity index (χ0v) is 12.1. The highest BCUT2D eigenvalue weighted by Gasteiger charge is 2.39. The number of hydrogen-bond donors (Lipinski definition) is 0. The maximum absolute atomic E-state index is 12.6. The van der Waals surface area contributed by atoms with Gasteiger partial charge in [0.05, 0.1) is 6.61 Å². The Hall–Kier alpha value is -2.01. The molecule has 0 spiro atoms. The Balaban J connectivity index is 2.00. The predicted molar refractivity (Wildman–Crippen MR) is 77.9 cm³/mol. The van der Waals surface area contributed by atoms with E-state index in [4.69, 9.17) is 9.47 Å². The van der Waals surface area contributed by atoms with Crippen LogP contribution in [0.25, 0.3) is 0 Å². The standard InChI is InChI=1S/C17H17F3O2/c1-2-16(17(18,19)20)21-12-13-7-6-10-15(11-13)22-14-8-4-3-5-9-14/h3-11,16H,2,12H2,1H3. The summed E-state index contributed by atoms with van der Waals surface area (Å²) in [5, 5.41) is 0. The van der Waals surface area contributed by atoms with Crippen molar-refractivity contribution < 1.29 is 22.6 Å². The number of benzene rings is 2. The molecule has 1 unspecified atom stereocenters. The van der Waals surface area contributed by atoms with Crippen molar-refractivity contribution in [3.05, 3.63) is 60.2 Å². The van der Waals surface area contributed by atoms with Crippen molar-refractivity contribution in [1.82, 2.24) is 0 Å². The molecule has 0 heterocycles. The van der Waals surface area contributed by atoms with Crippen LogP contribution in [0.3, 0.4) is 0 Å². The average molecular weight is 310 g/mol. The molecular weight excluding hydrogens is 293 g/mol. The number of ether oxygens (including phenoxy) is 2. The molecule has 0 saturated carbocycles. The largest absolute Gasteiger partial charge is 0.457 e. The van der Waals surface area contributed by atoms with Crippen LogP contribution in [0, 0.1) is 0 Å². The zero-order valence-electron chi connectivity index (χ0n) is 12.1. The van der Waals surface area contributed by atoms with E-state index in [0.717, 1.165) is 0 Å². The molecular formula is C17H17F3O2. The third-order valence-electron chi connectivity index (χ3n) is 3.06. The lowest BCUT2D eigenvalue weighted by Gasteiger charge is -2.19. The van der Waals surface area contributed by atoms with Gasteiger partial charge in [-0.1, -0.05) is 37.3 Å². The van der Waals surface area contributed by atoms with Crippen molar-refractivity contribution in [3.8, 4) is 11.5 Å². The van der Waals surface area contributed by atoms with E-state index in [1.807, 2.05) is 18.2 Å². The first kappa shape index (κ1) is 16.4. The summed E-state index contributed by atoms with van der Waals surface area (Å²) in [6, 6.07) is 16.0. The van der Waals surface area contributed by atoms with Gasteiger partial charge in [0.15, 0.2) is 6.10 Å². The fourth-order valence-electron chi connectivity index (χ4n) is 1.96. The first-order chi connectivity index (χ1) is 10.5. The summed E-state index contributed by atoms with van der Waals surface area (Å²) in [7, 11) is 0. The van der Waals surface area contributed by atoms with Crippen molar-refractivity contribution >= 4 is 0 Å². The Labute approximate surface area is 127 Å². The maximum atomic E-state index is 12.6. The average Bonchev–Trinajstić information content (AvgIpc) is 2.48. The van der Waals surface area contributed by atoms with Crippen LogP contribution in [0.4, 0.5) is 13.2 Å². The topological polar surface area (TPSA) is 18.5 Å². The molecule has 0 bridgehead atoms. The smallest absolute Gasteiger partial charge is 0.414 e. The van der Waals surface area contributed by atoms with E-state index in [1.165, 1.54) is 6.92 Å². The van der Waals surface area contributed by atoms with Crippen LogP contribution in [0.15, 0.2) is 54.6 Å². The Morgan fingerprint density at radius 1 is 0.955 bits per heavy atom. The van der Waals surface area contributed by atoms with E-state index in [9.17, 15) is 13.2 Å². The fraction of sp³-hybridized carbons (Fsp3) is 0.294. The predicted octanol–water partition coefficient (Wildman–Crippen LogP) is 5.34. The normalized spacial score (nSPS) is 12.9. The second kappa shape index (κ2) is 7.31. The summed E-state index contributed by atoms with van der Waals surface area (Å²) in [5.74, 6) is 1.23. The van der Waals surface area contributed by atoms with E-state index >= 15 is 0 Å². The van der Waals surface area contributed by atoms with Gasteiger partial charge in [-0.3, -0.25) is 0 Å². The summed E-state index contributed by atoms with van der Waals surface area (Å²) in [5.41, 5.74) is 0.635. The third-order valence-corrected chi connectivity index (χ3v) is 3.06. The maximum Gasteiger partial charge on any atom is 0.414 e. The van der Waals surface area contributed by atoms with Crippen molar-refractivity contribution in [3.63, 3.8) is 0 Å². The minimum absolute atomic E-state index is 0.107. The van der Waals surface area contributed by atoms with Gasteiger partial charge in [0, 0.05) is 0 Å². The van der Waals surface area contributed by atoms with Crippen LogP contribution >= 0.6 is 0 Å². The number of halogens is 3. The van der Waals surface area contributed by atoms with E-state index in [2.05, 4.69) is 0 Å². The van der Waals surface area contributed by atoms with Gasteiger partial charge < -0.3 is 9.47 Å². The molecule has 5 heteroatoms. The number of rotatable bonds is 6.